The van der Waals surface area contributed by atoms with Gasteiger partial charge in [-0.1, -0.05) is 17.7 Å². The number of nitrogens with zero attached hydrogens (tertiary/aromatic N) is 1. The average Bonchev–Trinajstić information content (AvgIpc) is 2.89. The Morgan fingerprint density at radius 2 is 2.21 bits per heavy atom. The molecule has 2 N–H and O–H groups in total. The first kappa shape index (κ1) is 13.5. The third-order valence-corrected chi connectivity index (χ3v) is 3.63. The van der Waals surface area contributed by atoms with Crippen LogP contribution in [-0.2, 0) is 4.79 Å². The van der Waals surface area contributed by atoms with Crippen molar-refractivity contribution in [2.24, 2.45) is 0 Å². The number of rotatable bonds is 4. The molecule has 0 aromatic carbocycles. The van der Waals surface area contributed by atoms with Crippen LogP contribution in [0.2, 0.25) is 5.02 Å². The summed E-state index contributed by atoms with van der Waals surface area (Å²) in [5, 5.41) is 13.5. The quantitative estimate of drug-likeness (QED) is 0.907. The number of carbonyl (C=O) groups excluding carboxylic acids is 1. The van der Waals surface area contributed by atoms with Gasteiger partial charge in [0.2, 0.25) is 0 Å². The van der Waals surface area contributed by atoms with Crippen molar-refractivity contribution in [3.63, 3.8) is 0 Å². The van der Waals surface area contributed by atoms with Crippen molar-refractivity contribution in [3.05, 3.63) is 51.4 Å². The zero-order valence-electron chi connectivity index (χ0n) is 9.54. The average molecular weight is 297 g/mol. The highest BCUT2D eigenvalue weighted by Crippen LogP contribution is 2.21. The molecule has 1 amide bonds. The van der Waals surface area contributed by atoms with Crippen LogP contribution in [0.15, 0.2) is 36.0 Å². The minimum absolute atomic E-state index is 0.145. The lowest BCUT2D eigenvalue weighted by atomic mass is 10.2. The Balaban J connectivity index is 2.21. The number of nitrogens with one attached hydrogen (secondary N) is 1. The molecule has 2 aromatic heterocycles. The fraction of sp³-hybridized carbons (Fsp3) is 0.0833. The van der Waals surface area contributed by atoms with E-state index < -0.39 is 17.9 Å². The molecule has 7 heteroatoms. The second-order valence-corrected chi connectivity index (χ2v) is 5.00. The van der Waals surface area contributed by atoms with E-state index in [-0.39, 0.29) is 10.6 Å². The van der Waals surface area contributed by atoms with E-state index in [1.807, 2.05) is 0 Å². The van der Waals surface area contributed by atoms with Crippen molar-refractivity contribution in [3.8, 4) is 0 Å². The molecule has 0 bridgehead atoms. The molecule has 0 aliphatic heterocycles. The van der Waals surface area contributed by atoms with Crippen molar-refractivity contribution in [2.75, 3.05) is 0 Å². The molecule has 0 aliphatic rings. The van der Waals surface area contributed by atoms with Crippen molar-refractivity contribution < 1.29 is 14.7 Å². The number of carbonyl (C=O) groups is 2. The molecule has 98 valence electrons. The molecule has 0 aliphatic carbocycles. The summed E-state index contributed by atoms with van der Waals surface area (Å²) in [4.78, 5) is 27.5. The second-order valence-electron chi connectivity index (χ2n) is 3.62. The van der Waals surface area contributed by atoms with Crippen LogP contribution in [0.1, 0.15) is 21.3 Å². The Hall–Kier alpha value is -1.92. The van der Waals surface area contributed by atoms with Crippen molar-refractivity contribution in [1.29, 1.82) is 0 Å². The van der Waals surface area contributed by atoms with Gasteiger partial charge in [0, 0.05) is 17.3 Å². The smallest absolute Gasteiger partial charge is 0.331 e. The summed E-state index contributed by atoms with van der Waals surface area (Å²) in [6, 6.07) is 3.74. The van der Waals surface area contributed by atoms with Gasteiger partial charge in [-0.3, -0.25) is 9.78 Å². The summed E-state index contributed by atoms with van der Waals surface area (Å²) in [7, 11) is 0. The van der Waals surface area contributed by atoms with E-state index in [1.165, 1.54) is 29.8 Å². The molecule has 5 nitrogen and oxygen atoms in total. The zero-order valence-corrected chi connectivity index (χ0v) is 11.1. The van der Waals surface area contributed by atoms with Gasteiger partial charge >= 0.3 is 5.97 Å². The van der Waals surface area contributed by atoms with E-state index in [0.717, 1.165) is 0 Å². The highest BCUT2D eigenvalue weighted by atomic mass is 35.5. The fourth-order valence-electron chi connectivity index (χ4n) is 1.46. The number of aliphatic carboxylic acids is 1. The van der Waals surface area contributed by atoms with Gasteiger partial charge in [0.25, 0.3) is 5.91 Å². The van der Waals surface area contributed by atoms with Crippen LogP contribution in [0.5, 0.6) is 0 Å². The second kappa shape index (κ2) is 5.81. The Bertz CT molecular complexity index is 601. The normalized spacial score (nSPS) is 11.8. The van der Waals surface area contributed by atoms with Crippen molar-refractivity contribution >= 4 is 34.8 Å². The predicted molar refractivity (Wildman–Crippen MR) is 71.4 cm³/mol. The summed E-state index contributed by atoms with van der Waals surface area (Å²) in [6.45, 7) is 0. The Kier molecular flexibility index (Phi) is 4.13. The maximum Gasteiger partial charge on any atom is 0.331 e. The minimum Gasteiger partial charge on any atom is -0.479 e. The van der Waals surface area contributed by atoms with Gasteiger partial charge in [-0.2, -0.15) is 0 Å². The third-order valence-electron chi connectivity index (χ3n) is 2.36. The summed E-state index contributed by atoms with van der Waals surface area (Å²) < 4.78 is 0. The van der Waals surface area contributed by atoms with Crippen molar-refractivity contribution in [1.82, 2.24) is 10.3 Å². The number of thiophene rings is 1. The predicted octanol–water partition coefficient (Wildman–Crippen LogP) is 2.35. The van der Waals surface area contributed by atoms with Crippen LogP contribution in [0.3, 0.4) is 0 Å². The SMILES string of the molecule is O=C(NC(C(=O)O)c1cccs1)c1cnccc1Cl. The van der Waals surface area contributed by atoms with Crippen LogP contribution >= 0.6 is 22.9 Å². The molecule has 0 radical (unpaired) electrons. The van der Waals surface area contributed by atoms with Gasteiger partial charge in [0.1, 0.15) is 0 Å². The van der Waals surface area contributed by atoms with E-state index >= 15 is 0 Å². The topological polar surface area (TPSA) is 79.3 Å². The fourth-order valence-corrected chi connectivity index (χ4v) is 2.42. The zero-order chi connectivity index (χ0) is 13.8. The molecule has 0 fully saturated rings. The number of carboxylic acids is 1. The number of hydrogen-bond acceptors (Lipinski definition) is 4. The molecule has 0 saturated heterocycles. The molecule has 2 rings (SSSR count). The number of aromatic nitrogens is 1. The summed E-state index contributed by atoms with van der Waals surface area (Å²) in [5.74, 6) is -1.70. The van der Waals surface area contributed by atoms with Crippen molar-refractivity contribution in [2.45, 2.75) is 6.04 Å². The summed E-state index contributed by atoms with van der Waals surface area (Å²) in [5.41, 5.74) is 0.145. The molecule has 2 heterocycles. The van der Waals surface area contributed by atoms with Gasteiger partial charge in [-0.15, -0.1) is 11.3 Å². The first-order valence-electron chi connectivity index (χ1n) is 5.26. The van der Waals surface area contributed by atoms with Crippen LogP contribution < -0.4 is 5.32 Å². The Labute approximate surface area is 117 Å². The van der Waals surface area contributed by atoms with E-state index in [4.69, 9.17) is 16.7 Å². The summed E-state index contributed by atoms with van der Waals surface area (Å²) >= 11 is 7.12. The molecule has 19 heavy (non-hydrogen) atoms. The van der Waals surface area contributed by atoms with Gasteiger partial charge < -0.3 is 10.4 Å². The standard InChI is InChI=1S/C12H9ClN2O3S/c13-8-3-4-14-6-7(8)11(16)15-10(12(17)18)9-2-1-5-19-9/h1-6,10H,(H,15,16)(H,17,18). The van der Waals surface area contributed by atoms with E-state index in [1.54, 1.807) is 17.5 Å². The monoisotopic (exact) mass is 296 g/mol. The molecular formula is C12H9ClN2O3S. The summed E-state index contributed by atoms with van der Waals surface area (Å²) in [6.07, 6.45) is 2.75. The van der Waals surface area contributed by atoms with Gasteiger partial charge in [0.15, 0.2) is 6.04 Å². The van der Waals surface area contributed by atoms with Crippen LogP contribution in [0.4, 0.5) is 0 Å². The van der Waals surface area contributed by atoms with E-state index in [9.17, 15) is 9.59 Å². The Morgan fingerprint density at radius 3 is 2.79 bits per heavy atom. The molecule has 1 atom stereocenters. The lowest BCUT2D eigenvalue weighted by molar-refractivity contribution is -0.139. The van der Waals surface area contributed by atoms with Gasteiger partial charge in [-0.05, 0) is 17.5 Å². The molecule has 0 saturated carbocycles. The highest BCUT2D eigenvalue weighted by Gasteiger charge is 2.24. The number of amides is 1. The lowest BCUT2D eigenvalue weighted by Crippen LogP contribution is -2.33. The maximum atomic E-state index is 12.0. The lowest BCUT2D eigenvalue weighted by Gasteiger charge is -2.13. The maximum absolute atomic E-state index is 12.0. The molecular weight excluding hydrogens is 288 g/mol. The number of carboxylic acid groups (broad SMARTS) is 1. The first-order valence-corrected chi connectivity index (χ1v) is 6.52. The van der Waals surface area contributed by atoms with Crippen LogP contribution in [0, 0.1) is 0 Å². The first-order chi connectivity index (χ1) is 9.09. The van der Waals surface area contributed by atoms with Gasteiger partial charge in [0.05, 0.1) is 10.6 Å². The van der Waals surface area contributed by atoms with Gasteiger partial charge in [-0.25, -0.2) is 4.79 Å². The Morgan fingerprint density at radius 1 is 1.42 bits per heavy atom. The van der Waals surface area contributed by atoms with E-state index in [2.05, 4.69) is 10.3 Å². The highest BCUT2D eigenvalue weighted by molar-refractivity contribution is 7.10. The largest absolute Gasteiger partial charge is 0.479 e. The van der Waals surface area contributed by atoms with Crippen LogP contribution in [0.25, 0.3) is 0 Å². The number of halogens is 1. The molecule has 1 unspecified atom stereocenters. The van der Waals surface area contributed by atoms with E-state index in [0.29, 0.717) is 4.88 Å². The molecule has 2 aromatic rings. The number of hydrogen-bond donors (Lipinski definition) is 2. The third kappa shape index (κ3) is 3.10. The number of pyridine rings is 1. The van der Waals surface area contributed by atoms with Crippen LogP contribution in [-0.4, -0.2) is 22.0 Å². The minimum atomic E-state index is -1.13. The molecule has 0 spiro atoms.